The van der Waals surface area contributed by atoms with Crippen LogP contribution >= 0.6 is 0 Å². The molecule has 1 heterocycles. The van der Waals surface area contributed by atoms with Crippen molar-refractivity contribution < 1.29 is 14.8 Å². The molecule has 0 aromatic heterocycles. The third-order valence-electron chi connectivity index (χ3n) is 3.92. The molecule has 0 bridgehead atoms. The summed E-state index contributed by atoms with van der Waals surface area (Å²) in [5.74, 6) is -0.467. The molecule has 0 aliphatic carbocycles. The van der Waals surface area contributed by atoms with Gasteiger partial charge in [-0.1, -0.05) is 6.07 Å². The molecule has 0 radical (unpaired) electrons. The smallest absolute Gasteiger partial charge is 0.292 e. The lowest BCUT2D eigenvalue weighted by Gasteiger charge is -2.32. The van der Waals surface area contributed by atoms with Crippen molar-refractivity contribution in [1.29, 1.82) is 0 Å². The van der Waals surface area contributed by atoms with E-state index < -0.39 is 11.0 Å². The minimum absolute atomic E-state index is 0.0223. The number of aliphatic hydroxyl groups is 1. The fourth-order valence-electron chi connectivity index (χ4n) is 2.62. The number of nitro groups is 1. The lowest BCUT2D eigenvalue weighted by atomic mass is 9.95. The lowest BCUT2D eigenvalue weighted by molar-refractivity contribution is -0.384. The van der Waals surface area contributed by atoms with Crippen LogP contribution < -0.4 is 10.6 Å². The summed E-state index contributed by atoms with van der Waals surface area (Å²) >= 11 is 0. The fraction of sp³-hybridized carbons (Fsp3) is 0.500. The van der Waals surface area contributed by atoms with Gasteiger partial charge in [-0.15, -0.1) is 0 Å². The van der Waals surface area contributed by atoms with Gasteiger partial charge in [-0.25, -0.2) is 0 Å². The number of nitro benzene ring substituents is 1. The number of rotatable bonds is 4. The van der Waals surface area contributed by atoms with Crippen LogP contribution in [0.4, 0.5) is 11.4 Å². The van der Waals surface area contributed by atoms with Gasteiger partial charge in [0.15, 0.2) is 0 Å². The molecular weight excluding hydrogens is 274 g/mol. The van der Waals surface area contributed by atoms with Gasteiger partial charge in [0.25, 0.3) is 5.69 Å². The Hall–Kier alpha value is -2.15. The normalized spacial score (nSPS) is 17.5. The number of nitrogens with zero attached hydrogens (tertiary/aromatic N) is 2. The maximum absolute atomic E-state index is 11.2. The standard InChI is InChI=1S/C14H19N3O4/c1-9(18)11-2-3-12(13(8-11)17(20)21)16-6-4-10(5-7-16)14(15)19/h2-3,8-10,18H,4-7H2,1H3,(H2,15,19)/t9-/m1/s1. The number of amides is 1. The number of piperidine rings is 1. The molecule has 3 N–H and O–H groups in total. The van der Waals surface area contributed by atoms with Crippen LogP contribution in [0.25, 0.3) is 0 Å². The van der Waals surface area contributed by atoms with Gasteiger partial charge in [0.1, 0.15) is 5.69 Å². The Balaban J connectivity index is 2.24. The minimum atomic E-state index is -0.752. The van der Waals surface area contributed by atoms with Gasteiger partial charge < -0.3 is 15.7 Å². The van der Waals surface area contributed by atoms with Crippen molar-refractivity contribution in [3.8, 4) is 0 Å². The second kappa shape index (κ2) is 6.09. The second-order valence-electron chi connectivity index (χ2n) is 5.34. The topological polar surface area (TPSA) is 110 Å². The van der Waals surface area contributed by atoms with Gasteiger partial charge in [0.05, 0.1) is 11.0 Å². The van der Waals surface area contributed by atoms with Crippen LogP contribution in [0.5, 0.6) is 0 Å². The first-order chi connectivity index (χ1) is 9.90. The molecule has 1 aliphatic rings. The molecule has 1 aromatic rings. The first kappa shape index (κ1) is 15.2. The highest BCUT2D eigenvalue weighted by Gasteiger charge is 2.27. The highest BCUT2D eigenvalue weighted by molar-refractivity contribution is 5.77. The van der Waals surface area contributed by atoms with Gasteiger partial charge >= 0.3 is 0 Å². The average molecular weight is 293 g/mol. The molecule has 114 valence electrons. The van der Waals surface area contributed by atoms with Crippen LogP contribution in [-0.2, 0) is 4.79 Å². The van der Waals surface area contributed by atoms with Crippen molar-refractivity contribution in [3.05, 3.63) is 33.9 Å². The number of carbonyl (C=O) groups is 1. The van der Waals surface area contributed by atoms with E-state index in [1.54, 1.807) is 19.1 Å². The number of aliphatic hydroxyl groups excluding tert-OH is 1. The van der Waals surface area contributed by atoms with Crippen LogP contribution in [0.3, 0.4) is 0 Å². The van der Waals surface area contributed by atoms with E-state index in [0.717, 1.165) is 0 Å². The Morgan fingerprint density at radius 3 is 2.57 bits per heavy atom. The Bertz CT molecular complexity index is 551. The monoisotopic (exact) mass is 293 g/mol. The third kappa shape index (κ3) is 3.30. The molecule has 1 aliphatic heterocycles. The Morgan fingerprint density at radius 1 is 1.48 bits per heavy atom. The molecule has 2 rings (SSSR count). The van der Waals surface area contributed by atoms with Crippen molar-refractivity contribution in [3.63, 3.8) is 0 Å². The summed E-state index contributed by atoms with van der Waals surface area (Å²) in [5.41, 5.74) is 6.30. The number of anilines is 1. The van der Waals surface area contributed by atoms with Crippen molar-refractivity contribution in [1.82, 2.24) is 0 Å². The summed E-state index contributed by atoms with van der Waals surface area (Å²) in [6.07, 6.45) is 0.452. The lowest BCUT2D eigenvalue weighted by Crippen LogP contribution is -2.38. The number of hydrogen-bond acceptors (Lipinski definition) is 5. The van der Waals surface area contributed by atoms with E-state index >= 15 is 0 Å². The number of hydrogen-bond donors (Lipinski definition) is 2. The first-order valence-corrected chi connectivity index (χ1v) is 6.91. The number of nitrogens with two attached hydrogens (primary N) is 1. The van der Waals surface area contributed by atoms with E-state index in [2.05, 4.69) is 0 Å². The maximum atomic E-state index is 11.2. The summed E-state index contributed by atoms with van der Waals surface area (Å²) in [6.45, 7) is 2.68. The molecule has 1 aromatic carbocycles. The average Bonchev–Trinajstić information content (AvgIpc) is 2.46. The summed E-state index contributed by atoms with van der Waals surface area (Å²) in [4.78, 5) is 23.8. The summed E-state index contributed by atoms with van der Waals surface area (Å²) < 4.78 is 0. The van der Waals surface area contributed by atoms with Crippen LogP contribution in [0.15, 0.2) is 18.2 Å². The molecule has 1 atom stereocenters. The molecule has 0 spiro atoms. The predicted molar refractivity (Wildman–Crippen MR) is 77.9 cm³/mol. The molecular formula is C14H19N3O4. The van der Waals surface area contributed by atoms with Gasteiger partial charge in [-0.2, -0.15) is 0 Å². The highest BCUT2D eigenvalue weighted by atomic mass is 16.6. The van der Waals surface area contributed by atoms with Crippen LogP contribution in [0, 0.1) is 16.0 Å². The number of primary amides is 1. The fourth-order valence-corrected chi connectivity index (χ4v) is 2.62. The second-order valence-corrected chi connectivity index (χ2v) is 5.34. The molecule has 7 heteroatoms. The number of benzene rings is 1. The molecule has 0 saturated carbocycles. The molecule has 7 nitrogen and oxygen atoms in total. The zero-order valence-corrected chi connectivity index (χ0v) is 11.9. The zero-order chi connectivity index (χ0) is 15.6. The molecule has 1 fully saturated rings. The van der Waals surface area contributed by atoms with Crippen LogP contribution in [-0.4, -0.2) is 29.0 Å². The quantitative estimate of drug-likeness (QED) is 0.643. The van der Waals surface area contributed by atoms with E-state index in [-0.39, 0.29) is 17.5 Å². The summed E-state index contributed by atoms with van der Waals surface area (Å²) in [6, 6.07) is 4.75. The van der Waals surface area contributed by atoms with Crippen LogP contribution in [0.1, 0.15) is 31.4 Å². The predicted octanol–water partition coefficient (Wildman–Crippen LogP) is 1.35. The van der Waals surface area contributed by atoms with Gasteiger partial charge in [0, 0.05) is 25.1 Å². The summed E-state index contributed by atoms with van der Waals surface area (Å²) in [7, 11) is 0. The molecule has 1 saturated heterocycles. The Labute approximate surface area is 122 Å². The van der Waals surface area contributed by atoms with Crippen molar-refractivity contribution >= 4 is 17.3 Å². The summed E-state index contributed by atoms with van der Waals surface area (Å²) in [5, 5.41) is 20.8. The Morgan fingerprint density at radius 2 is 2.10 bits per heavy atom. The van der Waals surface area contributed by atoms with E-state index in [4.69, 9.17) is 5.73 Å². The molecule has 0 unspecified atom stereocenters. The van der Waals surface area contributed by atoms with Crippen molar-refractivity contribution in [2.24, 2.45) is 11.7 Å². The highest BCUT2D eigenvalue weighted by Crippen LogP contribution is 2.33. The minimum Gasteiger partial charge on any atom is -0.389 e. The first-order valence-electron chi connectivity index (χ1n) is 6.91. The van der Waals surface area contributed by atoms with E-state index in [0.29, 0.717) is 37.2 Å². The van der Waals surface area contributed by atoms with E-state index in [9.17, 15) is 20.0 Å². The van der Waals surface area contributed by atoms with Crippen molar-refractivity contribution in [2.45, 2.75) is 25.9 Å². The van der Waals surface area contributed by atoms with Gasteiger partial charge in [0.2, 0.25) is 5.91 Å². The number of carbonyl (C=O) groups excluding carboxylic acids is 1. The van der Waals surface area contributed by atoms with Crippen molar-refractivity contribution in [2.75, 3.05) is 18.0 Å². The van der Waals surface area contributed by atoms with Gasteiger partial charge in [-0.05, 0) is 31.4 Å². The van der Waals surface area contributed by atoms with E-state index in [1.165, 1.54) is 6.07 Å². The maximum Gasteiger partial charge on any atom is 0.292 e. The molecule has 21 heavy (non-hydrogen) atoms. The molecule has 1 amide bonds. The SMILES string of the molecule is C[C@@H](O)c1ccc(N2CCC(C(N)=O)CC2)c([N+](=O)[O-])c1. The van der Waals surface area contributed by atoms with Gasteiger partial charge in [-0.3, -0.25) is 14.9 Å². The zero-order valence-electron chi connectivity index (χ0n) is 11.9. The van der Waals surface area contributed by atoms with Crippen LogP contribution in [0.2, 0.25) is 0 Å². The largest absolute Gasteiger partial charge is 0.389 e. The van der Waals surface area contributed by atoms with E-state index in [1.807, 2.05) is 4.90 Å². The third-order valence-corrected chi connectivity index (χ3v) is 3.92. The Kier molecular flexibility index (Phi) is 4.42.